The number of carbonyl (C=O) groups excluding carboxylic acids is 1. The van der Waals surface area contributed by atoms with Gasteiger partial charge in [-0.1, -0.05) is 18.2 Å². The van der Waals surface area contributed by atoms with Gasteiger partial charge in [-0.3, -0.25) is 4.79 Å². The lowest BCUT2D eigenvalue weighted by Gasteiger charge is -2.21. The van der Waals surface area contributed by atoms with E-state index in [4.69, 9.17) is 9.15 Å². The molecular weight excluding hydrogens is 325 g/mol. The summed E-state index contributed by atoms with van der Waals surface area (Å²) in [6.45, 7) is 1.46. The van der Waals surface area contributed by atoms with E-state index in [1.54, 1.807) is 19.1 Å². The molecule has 0 aliphatic heterocycles. The van der Waals surface area contributed by atoms with Gasteiger partial charge in [-0.05, 0) is 37.3 Å². The Bertz CT molecular complexity index is 884. The first-order valence-corrected chi connectivity index (χ1v) is 7.74. The molecule has 3 aromatic rings. The highest BCUT2D eigenvalue weighted by atomic mass is 19.1. The topological polar surface area (TPSA) is 71.7 Å². The van der Waals surface area contributed by atoms with Crippen LogP contribution in [-0.2, 0) is 5.60 Å². The zero-order chi connectivity index (χ0) is 18.0. The molecule has 0 radical (unpaired) electrons. The maximum absolute atomic E-state index is 13.7. The van der Waals surface area contributed by atoms with Crippen molar-refractivity contribution in [2.75, 3.05) is 13.7 Å². The number of furan rings is 1. The van der Waals surface area contributed by atoms with E-state index in [9.17, 15) is 14.3 Å². The predicted molar refractivity (Wildman–Crippen MR) is 91.1 cm³/mol. The van der Waals surface area contributed by atoms with Gasteiger partial charge in [-0.2, -0.15) is 0 Å². The van der Waals surface area contributed by atoms with Crippen LogP contribution in [0.5, 0.6) is 5.75 Å². The maximum Gasteiger partial charge on any atom is 0.251 e. The molecule has 0 saturated carbocycles. The maximum atomic E-state index is 13.7. The minimum Gasteiger partial charge on any atom is -0.494 e. The first kappa shape index (κ1) is 17.0. The van der Waals surface area contributed by atoms with Crippen molar-refractivity contribution in [1.82, 2.24) is 5.32 Å². The second-order valence-corrected chi connectivity index (χ2v) is 5.95. The van der Waals surface area contributed by atoms with Crippen LogP contribution >= 0.6 is 0 Å². The smallest absolute Gasteiger partial charge is 0.251 e. The molecule has 1 heterocycles. The number of ether oxygens (including phenoxy) is 1. The third kappa shape index (κ3) is 3.49. The van der Waals surface area contributed by atoms with Gasteiger partial charge in [0.2, 0.25) is 0 Å². The summed E-state index contributed by atoms with van der Waals surface area (Å²) in [5, 5.41) is 14.1. The Morgan fingerprint density at radius 3 is 2.72 bits per heavy atom. The number of fused-ring (bicyclic) bond motifs is 1. The average Bonchev–Trinajstić information content (AvgIpc) is 3.05. The molecule has 1 atom stereocenters. The Kier molecular flexibility index (Phi) is 4.46. The standard InChI is InChI=1S/C19H18FNO4/c1-19(23,17-10-12-5-3-4-6-15(12)25-17)11-21-18(22)13-7-8-16(24-2)14(20)9-13/h3-10,23H,11H2,1-2H3,(H,21,22)/t19-/m1/s1. The molecule has 5 nitrogen and oxygen atoms in total. The number of halogens is 1. The zero-order valence-electron chi connectivity index (χ0n) is 13.9. The van der Waals surface area contributed by atoms with Crippen molar-refractivity contribution in [3.8, 4) is 5.75 Å². The number of methoxy groups -OCH3 is 1. The van der Waals surface area contributed by atoms with Crippen LogP contribution in [0.25, 0.3) is 11.0 Å². The van der Waals surface area contributed by atoms with E-state index >= 15 is 0 Å². The summed E-state index contributed by atoms with van der Waals surface area (Å²) >= 11 is 0. The van der Waals surface area contributed by atoms with Gasteiger partial charge in [0.1, 0.15) is 16.9 Å². The lowest BCUT2D eigenvalue weighted by Crippen LogP contribution is -2.38. The second kappa shape index (κ2) is 6.57. The van der Waals surface area contributed by atoms with Gasteiger partial charge in [0.15, 0.2) is 11.6 Å². The molecule has 0 saturated heterocycles. The molecular formula is C19H18FNO4. The van der Waals surface area contributed by atoms with E-state index in [-0.39, 0.29) is 17.9 Å². The number of amides is 1. The minimum atomic E-state index is -1.40. The molecule has 2 N–H and O–H groups in total. The highest BCUT2D eigenvalue weighted by Crippen LogP contribution is 2.27. The molecule has 0 spiro atoms. The van der Waals surface area contributed by atoms with Crippen LogP contribution in [0.1, 0.15) is 23.0 Å². The summed E-state index contributed by atoms with van der Waals surface area (Å²) in [6, 6.07) is 13.0. The highest BCUT2D eigenvalue weighted by Gasteiger charge is 2.28. The van der Waals surface area contributed by atoms with Crippen LogP contribution in [-0.4, -0.2) is 24.7 Å². The first-order chi connectivity index (χ1) is 11.9. The number of hydrogen-bond donors (Lipinski definition) is 2. The van der Waals surface area contributed by atoms with Crippen molar-refractivity contribution in [2.45, 2.75) is 12.5 Å². The number of hydrogen-bond acceptors (Lipinski definition) is 4. The number of nitrogens with one attached hydrogen (secondary N) is 1. The van der Waals surface area contributed by atoms with Crippen LogP contribution in [0.4, 0.5) is 4.39 Å². The first-order valence-electron chi connectivity index (χ1n) is 7.74. The Morgan fingerprint density at radius 1 is 1.28 bits per heavy atom. The normalized spacial score (nSPS) is 13.4. The largest absolute Gasteiger partial charge is 0.494 e. The summed E-state index contributed by atoms with van der Waals surface area (Å²) in [5.41, 5.74) is -0.611. The van der Waals surface area contributed by atoms with Gasteiger partial charge in [0.05, 0.1) is 13.7 Å². The second-order valence-electron chi connectivity index (χ2n) is 5.95. The van der Waals surface area contributed by atoms with E-state index in [0.29, 0.717) is 11.3 Å². The fraction of sp³-hybridized carbons (Fsp3) is 0.211. The summed E-state index contributed by atoms with van der Waals surface area (Å²) in [7, 11) is 1.35. The van der Waals surface area contributed by atoms with E-state index < -0.39 is 17.3 Å². The summed E-state index contributed by atoms with van der Waals surface area (Å²) in [4.78, 5) is 12.2. The minimum absolute atomic E-state index is 0.0609. The molecule has 3 rings (SSSR count). The molecule has 0 aliphatic carbocycles. The Balaban J connectivity index is 1.72. The van der Waals surface area contributed by atoms with Gasteiger partial charge in [0, 0.05) is 10.9 Å². The quantitative estimate of drug-likeness (QED) is 0.746. The lowest BCUT2D eigenvalue weighted by atomic mass is 10.0. The van der Waals surface area contributed by atoms with Crippen LogP contribution in [0.15, 0.2) is 52.9 Å². The molecule has 0 unspecified atom stereocenters. The number of rotatable bonds is 5. The van der Waals surface area contributed by atoms with Crippen molar-refractivity contribution in [1.29, 1.82) is 0 Å². The number of benzene rings is 2. The fourth-order valence-corrected chi connectivity index (χ4v) is 2.50. The number of carbonyl (C=O) groups is 1. The summed E-state index contributed by atoms with van der Waals surface area (Å²) in [6.07, 6.45) is 0. The van der Waals surface area contributed by atoms with E-state index in [2.05, 4.69) is 5.32 Å². The van der Waals surface area contributed by atoms with E-state index in [1.807, 2.05) is 18.2 Å². The average molecular weight is 343 g/mol. The van der Waals surface area contributed by atoms with Crippen molar-refractivity contribution >= 4 is 16.9 Å². The van der Waals surface area contributed by atoms with Crippen molar-refractivity contribution in [3.05, 3.63) is 65.7 Å². The fourth-order valence-electron chi connectivity index (χ4n) is 2.50. The Hall–Kier alpha value is -2.86. The Morgan fingerprint density at radius 2 is 2.04 bits per heavy atom. The van der Waals surface area contributed by atoms with Crippen LogP contribution in [0, 0.1) is 5.82 Å². The van der Waals surface area contributed by atoms with Gasteiger partial charge < -0.3 is 19.6 Å². The van der Waals surface area contributed by atoms with Crippen molar-refractivity contribution in [2.24, 2.45) is 0 Å². The summed E-state index contributed by atoms with van der Waals surface area (Å²) < 4.78 is 24.2. The van der Waals surface area contributed by atoms with Crippen molar-refractivity contribution in [3.63, 3.8) is 0 Å². The van der Waals surface area contributed by atoms with E-state index in [1.165, 1.54) is 19.2 Å². The molecule has 1 aromatic heterocycles. The lowest BCUT2D eigenvalue weighted by molar-refractivity contribution is 0.0344. The Labute approximate surface area is 144 Å². The molecule has 0 aliphatic rings. The molecule has 6 heteroatoms. The monoisotopic (exact) mass is 343 g/mol. The van der Waals surface area contributed by atoms with Gasteiger partial charge >= 0.3 is 0 Å². The molecule has 25 heavy (non-hydrogen) atoms. The highest BCUT2D eigenvalue weighted by molar-refractivity contribution is 5.94. The zero-order valence-corrected chi connectivity index (χ0v) is 13.9. The SMILES string of the molecule is COc1ccc(C(=O)NC[C@@](C)(O)c2cc3ccccc3o2)cc1F. The molecule has 1 amide bonds. The van der Waals surface area contributed by atoms with Gasteiger partial charge in [-0.15, -0.1) is 0 Å². The van der Waals surface area contributed by atoms with Gasteiger partial charge in [-0.25, -0.2) is 4.39 Å². The summed E-state index contributed by atoms with van der Waals surface area (Å²) in [5.74, 6) is -0.724. The van der Waals surface area contributed by atoms with Crippen LogP contribution in [0.2, 0.25) is 0 Å². The van der Waals surface area contributed by atoms with E-state index in [0.717, 1.165) is 11.5 Å². The predicted octanol–water partition coefficient (Wildman–Crippen LogP) is 3.22. The molecule has 130 valence electrons. The third-order valence-corrected chi connectivity index (χ3v) is 3.96. The molecule has 0 fully saturated rings. The molecule has 0 bridgehead atoms. The molecule has 2 aromatic carbocycles. The number of para-hydroxylation sites is 1. The number of aliphatic hydroxyl groups is 1. The van der Waals surface area contributed by atoms with Crippen molar-refractivity contribution < 1.29 is 23.4 Å². The van der Waals surface area contributed by atoms with Crippen LogP contribution in [0.3, 0.4) is 0 Å². The van der Waals surface area contributed by atoms with Crippen LogP contribution < -0.4 is 10.1 Å². The third-order valence-electron chi connectivity index (χ3n) is 3.96. The van der Waals surface area contributed by atoms with Gasteiger partial charge in [0.25, 0.3) is 5.91 Å².